The Bertz CT molecular complexity index is 3210. The third-order valence-corrected chi connectivity index (χ3v) is 11.0. The summed E-state index contributed by atoms with van der Waals surface area (Å²) in [5.41, 5.74) is 14.5. The molecule has 0 atom stereocenters. The van der Waals surface area contributed by atoms with Gasteiger partial charge >= 0.3 is 0 Å². The number of anilines is 3. The summed E-state index contributed by atoms with van der Waals surface area (Å²) in [6, 6.07) is 71.7. The van der Waals surface area contributed by atoms with E-state index in [1.165, 1.54) is 49.4 Å². The summed E-state index contributed by atoms with van der Waals surface area (Å²) in [7, 11) is 0. The van der Waals surface area contributed by atoms with E-state index >= 15 is 0 Å². The molecule has 3 aromatic heterocycles. The summed E-state index contributed by atoms with van der Waals surface area (Å²) >= 11 is 0. The summed E-state index contributed by atoms with van der Waals surface area (Å²) in [6.07, 6.45) is 2.24. The lowest BCUT2D eigenvalue weighted by Crippen LogP contribution is -2.10. The van der Waals surface area contributed by atoms with Crippen molar-refractivity contribution in [2.45, 2.75) is 0 Å². The summed E-state index contributed by atoms with van der Waals surface area (Å²) < 4.78 is 8.78. The van der Waals surface area contributed by atoms with Crippen LogP contribution in [-0.4, -0.2) is 4.40 Å². The van der Waals surface area contributed by atoms with E-state index in [-0.39, 0.29) is 0 Å². The molecule has 0 bridgehead atoms. The molecule has 0 fully saturated rings. The van der Waals surface area contributed by atoms with Crippen LogP contribution in [0.1, 0.15) is 0 Å². The van der Waals surface area contributed by atoms with Crippen LogP contribution in [0.5, 0.6) is 0 Å². The molecule has 3 heteroatoms. The number of benzene rings is 8. The average Bonchev–Trinajstić information content (AvgIpc) is 3.80. The Morgan fingerprint density at radius 2 is 0.964 bits per heavy atom. The Kier molecular flexibility index (Phi) is 7.17. The van der Waals surface area contributed by atoms with Gasteiger partial charge in [-0.1, -0.05) is 140 Å². The van der Waals surface area contributed by atoms with E-state index in [0.29, 0.717) is 0 Å². The number of nitrogens with zero attached hydrogens (tertiary/aromatic N) is 2. The quantitative estimate of drug-likeness (QED) is 0.172. The van der Waals surface area contributed by atoms with Crippen molar-refractivity contribution in [2.75, 3.05) is 4.90 Å². The van der Waals surface area contributed by atoms with Gasteiger partial charge in [-0.3, -0.25) is 0 Å². The smallest absolute Gasteiger partial charge is 0.137 e. The topological polar surface area (TPSA) is 20.8 Å². The minimum Gasteiger partial charge on any atom is -0.456 e. The number of hydrogen-bond donors (Lipinski definition) is 0. The molecule has 0 amide bonds. The van der Waals surface area contributed by atoms with Crippen LogP contribution in [0.15, 0.2) is 211 Å². The first-order chi connectivity index (χ1) is 27.3. The molecule has 11 rings (SSSR count). The first-order valence-corrected chi connectivity index (χ1v) is 18.8. The van der Waals surface area contributed by atoms with E-state index in [9.17, 15) is 0 Å². The van der Waals surface area contributed by atoms with Gasteiger partial charge in [0.1, 0.15) is 11.2 Å². The molecule has 0 saturated heterocycles. The molecule has 55 heavy (non-hydrogen) atoms. The average molecular weight is 703 g/mol. The standard InChI is InChI=1S/C52H34N2O/c1-3-14-35(15-4-1)37-18-11-20-39(32-37)54(41-28-29-45-44-22-8-10-27-49(44)55-50(45)34-41)40-21-12-19-38(33-40)42-24-13-25-46-43(42)30-31-53-48-26-9-7-23-47(48)51(52(46)53)36-16-5-2-6-17-36/h1-34H. The zero-order valence-electron chi connectivity index (χ0n) is 29.9. The van der Waals surface area contributed by atoms with Crippen molar-refractivity contribution in [3.05, 3.63) is 206 Å². The second-order valence-corrected chi connectivity index (χ2v) is 14.1. The van der Waals surface area contributed by atoms with E-state index in [0.717, 1.165) is 50.1 Å². The highest BCUT2D eigenvalue weighted by molar-refractivity contribution is 6.16. The van der Waals surface area contributed by atoms with Gasteiger partial charge in [-0.05, 0) is 87.8 Å². The van der Waals surface area contributed by atoms with E-state index in [4.69, 9.17) is 4.42 Å². The predicted molar refractivity (Wildman–Crippen MR) is 231 cm³/mol. The van der Waals surface area contributed by atoms with Gasteiger partial charge in [-0.25, -0.2) is 0 Å². The van der Waals surface area contributed by atoms with Crippen molar-refractivity contribution in [3.8, 4) is 33.4 Å². The maximum atomic E-state index is 6.42. The van der Waals surface area contributed by atoms with Crippen molar-refractivity contribution < 1.29 is 4.42 Å². The van der Waals surface area contributed by atoms with Crippen LogP contribution < -0.4 is 4.90 Å². The minimum atomic E-state index is 0.867. The van der Waals surface area contributed by atoms with Crippen LogP contribution in [0, 0.1) is 0 Å². The van der Waals surface area contributed by atoms with Gasteiger partial charge in [0.25, 0.3) is 0 Å². The molecule has 11 aromatic rings. The van der Waals surface area contributed by atoms with Crippen LogP contribution >= 0.6 is 0 Å². The Hall–Kier alpha value is -7.36. The molecule has 0 N–H and O–H groups in total. The summed E-state index contributed by atoms with van der Waals surface area (Å²) in [6.45, 7) is 0. The lowest BCUT2D eigenvalue weighted by molar-refractivity contribution is 0.669. The number of aromatic nitrogens is 1. The first-order valence-electron chi connectivity index (χ1n) is 18.8. The second kappa shape index (κ2) is 12.6. The summed E-state index contributed by atoms with van der Waals surface area (Å²) in [5.74, 6) is 0. The van der Waals surface area contributed by atoms with Crippen molar-refractivity contribution in [1.29, 1.82) is 0 Å². The molecule has 0 unspecified atom stereocenters. The van der Waals surface area contributed by atoms with E-state index in [1.807, 2.05) is 12.1 Å². The number of para-hydroxylation sites is 2. The van der Waals surface area contributed by atoms with Gasteiger partial charge in [-0.2, -0.15) is 0 Å². The molecule has 0 radical (unpaired) electrons. The van der Waals surface area contributed by atoms with Gasteiger partial charge in [0.15, 0.2) is 0 Å². The molecule has 0 saturated carbocycles. The predicted octanol–water partition coefficient (Wildman–Crippen LogP) is 14.6. The normalized spacial score (nSPS) is 11.6. The third kappa shape index (κ3) is 5.13. The third-order valence-electron chi connectivity index (χ3n) is 11.0. The van der Waals surface area contributed by atoms with Gasteiger partial charge in [0.05, 0.1) is 11.0 Å². The molecule has 3 heterocycles. The van der Waals surface area contributed by atoms with Gasteiger partial charge in [0, 0.05) is 56.4 Å². The van der Waals surface area contributed by atoms with Crippen LogP contribution in [0.2, 0.25) is 0 Å². The highest BCUT2D eigenvalue weighted by atomic mass is 16.3. The Morgan fingerprint density at radius 3 is 1.78 bits per heavy atom. The van der Waals surface area contributed by atoms with Crippen molar-refractivity contribution in [3.63, 3.8) is 0 Å². The molecule has 258 valence electrons. The number of hydrogen-bond acceptors (Lipinski definition) is 2. The lowest BCUT2D eigenvalue weighted by Gasteiger charge is -2.26. The maximum Gasteiger partial charge on any atom is 0.137 e. The molecule has 0 aliphatic rings. The molecular formula is C52H34N2O. The zero-order valence-corrected chi connectivity index (χ0v) is 29.9. The van der Waals surface area contributed by atoms with Crippen LogP contribution in [-0.2, 0) is 0 Å². The Labute approximate surface area is 318 Å². The van der Waals surface area contributed by atoms with Crippen molar-refractivity contribution in [1.82, 2.24) is 4.40 Å². The first kappa shape index (κ1) is 31.2. The fraction of sp³-hybridized carbons (Fsp3) is 0. The number of pyridine rings is 1. The van der Waals surface area contributed by atoms with Crippen LogP contribution in [0.3, 0.4) is 0 Å². The van der Waals surface area contributed by atoms with Crippen molar-refractivity contribution in [2.24, 2.45) is 0 Å². The number of furan rings is 1. The van der Waals surface area contributed by atoms with Gasteiger partial charge < -0.3 is 13.7 Å². The fourth-order valence-electron chi connectivity index (χ4n) is 8.50. The summed E-state index contributed by atoms with van der Waals surface area (Å²) in [5, 5.41) is 5.93. The molecule has 0 spiro atoms. The fourth-order valence-corrected chi connectivity index (χ4v) is 8.50. The van der Waals surface area contributed by atoms with Crippen LogP contribution in [0.25, 0.3) is 82.5 Å². The highest BCUT2D eigenvalue weighted by Gasteiger charge is 2.20. The molecule has 0 aliphatic carbocycles. The SMILES string of the molecule is c1ccc(-c2cccc(N(c3cccc(-c4cccc5c4ccn4c6ccccc6c(-c6ccccc6)c54)c3)c3ccc4c(c3)oc3ccccc34)c2)cc1. The number of fused-ring (bicyclic) bond motifs is 8. The molecule has 8 aromatic carbocycles. The lowest BCUT2D eigenvalue weighted by atomic mass is 9.95. The molecule has 3 nitrogen and oxygen atoms in total. The van der Waals surface area contributed by atoms with E-state index < -0.39 is 0 Å². The zero-order chi connectivity index (χ0) is 36.3. The van der Waals surface area contributed by atoms with Gasteiger partial charge in [0.2, 0.25) is 0 Å². The Morgan fingerprint density at radius 1 is 0.364 bits per heavy atom. The Balaban J connectivity index is 1.11. The molecular weight excluding hydrogens is 669 g/mol. The summed E-state index contributed by atoms with van der Waals surface area (Å²) in [4.78, 5) is 2.35. The van der Waals surface area contributed by atoms with Crippen LogP contribution in [0.4, 0.5) is 17.1 Å². The number of rotatable bonds is 6. The largest absolute Gasteiger partial charge is 0.456 e. The van der Waals surface area contributed by atoms with E-state index in [2.05, 4.69) is 204 Å². The maximum absolute atomic E-state index is 6.42. The monoisotopic (exact) mass is 702 g/mol. The minimum absolute atomic E-state index is 0.867. The second-order valence-electron chi connectivity index (χ2n) is 14.1. The highest BCUT2D eigenvalue weighted by Crippen LogP contribution is 2.44. The van der Waals surface area contributed by atoms with Crippen molar-refractivity contribution >= 4 is 66.2 Å². The molecule has 0 aliphatic heterocycles. The van der Waals surface area contributed by atoms with E-state index in [1.54, 1.807) is 0 Å². The van der Waals surface area contributed by atoms with Gasteiger partial charge in [-0.15, -0.1) is 0 Å².